The first-order valence-corrected chi connectivity index (χ1v) is 7.61. The van der Waals surface area contributed by atoms with E-state index in [0.29, 0.717) is 5.88 Å². The van der Waals surface area contributed by atoms with Crippen molar-refractivity contribution in [3.8, 4) is 11.6 Å². The van der Waals surface area contributed by atoms with Gasteiger partial charge in [0, 0.05) is 16.9 Å². The average Bonchev–Trinajstić information content (AvgIpc) is 2.40. The van der Waals surface area contributed by atoms with Crippen LogP contribution in [0.1, 0.15) is 32.2 Å². The zero-order chi connectivity index (χ0) is 15.6. The fraction of sp³-hybridized carbons (Fsp3) is 0.375. The van der Waals surface area contributed by atoms with Gasteiger partial charge in [-0.3, -0.25) is 0 Å². The molecule has 0 fully saturated rings. The minimum Gasteiger partial charge on any atom is -0.439 e. The number of anilines is 1. The van der Waals surface area contributed by atoms with Crippen molar-refractivity contribution in [1.29, 1.82) is 0 Å². The number of nitrogens with zero attached hydrogens (tertiary/aromatic N) is 2. The van der Waals surface area contributed by atoms with Crippen LogP contribution >= 0.6 is 15.9 Å². The van der Waals surface area contributed by atoms with Gasteiger partial charge >= 0.3 is 0 Å². The van der Waals surface area contributed by atoms with Crippen molar-refractivity contribution in [3.05, 3.63) is 40.1 Å². The minimum absolute atomic E-state index is 0.144. The maximum atomic E-state index is 5.95. The van der Waals surface area contributed by atoms with Crippen LogP contribution < -0.4 is 10.1 Å². The third-order valence-electron chi connectivity index (χ3n) is 3.02. The van der Waals surface area contributed by atoms with E-state index in [1.54, 1.807) is 0 Å². The molecule has 0 amide bonds. The first kappa shape index (κ1) is 15.8. The molecule has 2 aromatic rings. The molecule has 0 unspecified atom stereocenters. The standard InChI is InChI=1S/C16H20BrN3O/c1-10-13(18-5)19-15(16(2,3)4)20-14(10)21-12-8-6-7-11(17)9-12/h6-9H,1-5H3,(H,18,19,20). The second-order valence-corrected chi connectivity index (χ2v) is 6.80. The summed E-state index contributed by atoms with van der Waals surface area (Å²) < 4.78 is 6.92. The Hall–Kier alpha value is -1.62. The normalized spacial score (nSPS) is 11.3. The van der Waals surface area contributed by atoms with Crippen LogP contribution in [0.5, 0.6) is 11.6 Å². The topological polar surface area (TPSA) is 47.0 Å². The fourth-order valence-electron chi connectivity index (χ4n) is 1.82. The fourth-order valence-corrected chi connectivity index (χ4v) is 2.19. The van der Waals surface area contributed by atoms with Gasteiger partial charge in [0.15, 0.2) is 0 Å². The molecule has 4 nitrogen and oxygen atoms in total. The summed E-state index contributed by atoms with van der Waals surface area (Å²) in [5.74, 6) is 2.87. The molecule has 5 heteroatoms. The highest BCUT2D eigenvalue weighted by Gasteiger charge is 2.21. The molecule has 1 heterocycles. The molecule has 0 saturated carbocycles. The summed E-state index contributed by atoms with van der Waals surface area (Å²) in [5.41, 5.74) is 0.750. The smallest absolute Gasteiger partial charge is 0.227 e. The van der Waals surface area contributed by atoms with E-state index in [1.807, 2.05) is 38.2 Å². The Balaban J connectivity index is 2.47. The van der Waals surface area contributed by atoms with Gasteiger partial charge < -0.3 is 10.1 Å². The van der Waals surface area contributed by atoms with Gasteiger partial charge in [-0.1, -0.05) is 42.8 Å². The first-order valence-electron chi connectivity index (χ1n) is 6.81. The van der Waals surface area contributed by atoms with E-state index in [-0.39, 0.29) is 5.41 Å². The molecular weight excluding hydrogens is 330 g/mol. The SMILES string of the molecule is CNc1nc(C(C)(C)C)nc(Oc2cccc(Br)c2)c1C. The second-order valence-electron chi connectivity index (χ2n) is 5.89. The summed E-state index contributed by atoms with van der Waals surface area (Å²) in [6, 6.07) is 7.71. The van der Waals surface area contributed by atoms with Crippen molar-refractivity contribution in [2.45, 2.75) is 33.1 Å². The third-order valence-corrected chi connectivity index (χ3v) is 3.51. The molecule has 0 radical (unpaired) electrons. The van der Waals surface area contributed by atoms with Crippen molar-refractivity contribution < 1.29 is 4.74 Å². The van der Waals surface area contributed by atoms with E-state index in [0.717, 1.165) is 27.4 Å². The lowest BCUT2D eigenvalue weighted by Gasteiger charge is -2.20. The molecule has 1 N–H and O–H groups in total. The Bertz CT molecular complexity index is 650. The molecule has 1 aromatic heterocycles. The van der Waals surface area contributed by atoms with E-state index >= 15 is 0 Å². The number of aromatic nitrogens is 2. The Kier molecular flexibility index (Phi) is 4.52. The van der Waals surface area contributed by atoms with Crippen molar-refractivity contribution in [2.24, 2.45) is 0 Å². The van der Waals surface area contributed by atoms with Crippen LogP contribution in [0, 0.1) is 6.92 Å². The summed E-state index contributed by atoms with van der Waals surface area (Å²) in [6.07, 6.45) is 0. The summed E-state index contributed by atoms with van der Waals surface area (Å²) >= 11 is 3.44. The van der Waals surface area contributed by atoms with Gasteiger partial charge in [-0.25, -0.2) is 4.98 Å². The number of hydrogen-bond acceptors (Lipinski definition) is 4. The molecule has 0 atom stereocenters. The highest BCUT2D eigenvalue weighted by molar-refractivity contribution is 9.10. The molecule has 112 valence electrons. The molecule has 0 aliphatic carbocycles. The lowest BCUT2D eigenvalue weighted by atomic mass is 9.95. The quantitative estimate of drug-likeness (QED) is 0.873. The van der Waals surface area contributed by atoms with Gasteiger partial charge in [0.05, 0.1) is 5.56 Å². The van der Waals surface area contributed by atoms with E-state index in [4.69, 9.17) is 4.74 Å². The first-order chi connectivity index (χ1) is 9.81. The zero-order valence-electron chi connectivity index (χ0n) is 13.0. The summed E-state index contributed by atoms with van der Waals surface area (Å²) in [5, 5.41) is 3.10. The molecule has 2 rings (SSSR count). The predicted octanol–water partition coefficient (Wildman–Crippen LogP) is 4.68. The molecule has 0 bridgehead atoms. The van der Waals surface area contributed by atoms with Crippen molar-refractivity contribution in [2.75, 3.05) is 12.4 Å². The number of ether oxygens (including phenoxy) is 1. The predicted molar refractivity (Wildman–Crippen MR) is 89.2 cm³/mol. The average molecular weight is 350 g/mol. The van der Waals surface area contributed by atoms with Gasteiger partial charge in [-0.05, 0) is 25.1 Å². The number of nitrogens with one attached hydrogen (secondary N) is 1. The maximum Gasteiger partial charge on any atom is 0.227 e. The summed E-state index contributed by atoms with van der Waals surface area (Å²) in [4.78, 5) is 9.16. The molecule has 0 aliphatic heterocycles. The van der Waals surface area contributed by atoms with E-state index in [2.05, 4.69) is 52.0 Å². The monoisotopic (exact) mass is 349 g/mol. The number of benzene rings is 1. The molecule has 1 aromatic carbocycles. The number of rotatable bonds is 3. The van der Waals surface area contributed by atoms with Crippen LogP contribution in [0.25, 0.3) is 0 Å². The van der Waals surface area contributed by atoms with Crippen molar-refractivity contribution in [3.63, 3.8) is 0 Å². The van der Waals surface area contributed by atoms with Crippen LogP contribution in [0.15, 0.2) is 28.7 Å². The number of halogens is 1. The second kappa shape index (κ2) is 6.02. The van der Waals surface area contributed by atoms with E-state index in [1.165, 1.54) is 0 Å². The van der Waals surface area contributed by atoms with Gasteiger partial charge in [0.2, 0.25) is 5.88 Å². The van der Waals surface area contributed by atoms with E-state index in [9.17, 15) is 0 Å². The largest absolute Gasteiger partial charge is 0.439 e. The lowest BCUT2D eigenvalue weighted by Crippen LogP contribution is -2.18. The minimum atomic E-state index is -0.144. The number of hydrogen-bond donors (Lipinski definition) is 1. The van der Waals surface area contributed by atoms with Gasteiger partial charge in [-0.15, -0.1) is 0 Å². The van der Waals surface area contributed by atoms with Gasteiger partial charge in [-0.2, -0.15) is 4.98 Å². The molecule has 0 spiro atoms. The van der Waals surface area contributed by atoms with Gasteiger partial charge in [0.25, 0.3) is 0 Å². The van der Waals surface area contributed by atoms with Crippen LogP contribution in [-0.4, -0.2) is 17.0 Å². The Morgan fingerprint density at radius 2 is 1.90 bits per heavy atom. The maximum absolute atomic E-state index is 5.95. The van der Waals surface area contributed by atoms with Crippen LogP contribution in [0.4, 0.5) is 5.82 Å². The van der Waals surface area contributed by atoms with Crippen LogP contribution in [-0.2, 0) is 5.41 Å². The van der Waals surface area contributed by atoms with Gasteiger partial charge in [0.1, 0.15) is 17.4 Å². The highest BCUT2D eigenvalue weighted by atomic mass is 79.9. The highest BCUT2D eigenvalue weighted by Crippen LogP contribution is 2.31. The van der Waals surface area contributed by atoms with Crippen LogP contribution in [0.3, 0.4) is 0 Å². The zero-order valence-corrected chi connectivity index (χ0v) is 14.6. The van der Waals surface area contributed by atoms with Crippen molar-refractivity contribution >= 4 is 21.7 Å². The lowest BCUT2D eigenvalue weighted by molar-refractivity contribution is 0.442. The molecule has 21 heavy (non-hydrogen) atoms. The Morgan fingerprint density at radius 1 is 1.19 bits per heavy atom. The summed E-state index contributed by atoms with van der Waals surface area (Å²) in [7, 11) is 1.85. The van der Waals surface area contributed by atoms with Crippen LogP contribution in [0.2, 0.25) is 0 Å². The molecule has 0 aliphatic rings. The summed E-state index contributed by atoms with van der Waals surface area (Å²) in [6.45, 7) is 8.20. The van der Waals surface area contributed by atoms with E-state index < -0.39 is 0 Å². The molecule has 0 saturated heterocycles. The van der Waals surface area contributed by atoms with Crippen molar-refractivity contribution in [1.82, 2.24) is 9.97 Å². The third kappa shape index (κ3) is 3.73. The Morgan fingerprint density at radius 3 is 2.48 bits per heavy atom. The molecular formula is C16H20BrN3O. The Labute approximate surface area is 134 Å².